The fourth-order valence-electron chi connectivity index (χ4n) is 1.45. The highest BCUT2D eigenvalue weighted by molar-refractivity contribution is 5.56. The Bertz CT molecular complexity index is 468. The normalized spacial score (nSPS) is 10.8. The Morgan fingerprint density at radius 1 is 1.24 bits per heavy atom. The van der Waals surface area contributed by atoms with Gasteiger partial charge in [-0.05, 0) is 18.2 Å². The van der Waals surface area contributed by atoms with Gasteiger partial charge in [-0.15, -0.1) is 0 Å². The molecule has 2 aromatic heterocycles. The zero-order valence-corrected chi connectivity index (χ0v) is 10.1. The van der Waals surface area contributed by atoms with Crippen LogP contribution in [0.3, 0.4) is 0 Å². The van der Waals surface area contributed by atoms with Crippen molar-refractivity contribution in [3.8, 4) is 11.3 Å². The van der Waals surface area contributed by atoms with Crippen molar-refractivity contribution in [2.45, 2.75) is 26.4 Å². The van der Waals surface area contributed by atoms with Gasteiger partial charge in [-0.25, -0.2) is 9.97 Å². The summed E-state index contributed by atoms with van der Waals surface area (Å²) in [6.07, 6.45) is 5.35. The highest BCUT2D eigenvalue weighted by Gasteiger charge is 2.02. The molecule has 0 bridgehead atoms. The van der Waals surface area contributed by atoms with Gasteiger partial charge in [0.2, 0.25) is 0 Å². The van der Waals surface area contributed by atoms with Crippen molar-refractivity contribution in [3.05, 3.63) is 42.6 Å². The van der Waals surface area contributed by atoms with E-state index in [2.05, 4.69) is 34.1 Å². The van der Waals surface area contributed by atoms with E-state index in [1.807, 2.05) is 24.4 Å². The molecular weight excluding hydrogens is 212 g/mol. The van der Waals surface area contributed by atoms with Crippen molar-refractivity contribution in [1.29, 1.82) is 0 Å². The van der Waals surface area contributed by atoms with Crippen LogP contribution in [0, 0.1) is 0 Å². The molecule has 0 aliphatic rings. The molecule has 2 aromatic rings. The molecule has 88 valence electrons. The summed E-state index contributed by atoms with van der Waals surface area (Å²) in [6.45, 7) is 4.89. The van der Waals surface area contributed by atoms with Crippen molar-refractivity contribution in [3.63, 3.8) is 0 Å². The highest BCUT2D eigenvalue weighted by atomic mass is 15.0. The van der Waals surface area contributed by atoms with Gasteiger partial charge in [0, 0.05) is 30.2 Å². The highest BCUT2D eigenvalue weighted by Crippen LogP contribution is 2.14. The zero-order chi connectivity index (χ0) is 12.1. The summed E-state index contributed by atoms with van der Waals surface area (Å²) in [7, 11) is 0. The molecule has 4 nitrogen and oxygen atoms in total. The quantitative estimate of drug-likeness (QED) is 0.870. The van der Waals surface area contributed by atoms with Crippen molar-refractivity contribution in [2.24, 2.45) is 0 Å². The van der Waals surface area contributed by atoms with Gasteiger partial charge in [-0.2, -0.15) is 0 Å². The third-order valence-corrected chi connectivity index (χ3v) is 2.33. The fraction of sp³-hybridized carbons (Fsp3) is 0.308. The van der Waals surface area contributed by atoms with Crippen LogP contribution in [0.4, 0.5) is 0 Å². The number of hydrogen-bond acceptors (Lipinski definition) is 4. The molecule has 2 rings (SSSR count). The van der Waals surface area contributed by atoms with E-state index in [1.165, 1.54) is 0 Å². The molecule has 0 unspecified atom stereocenters. The third kappa shape index (κ3) is 3.32. The van der Waals surface area contributed by atoms with Gasteiger partial charge in [0.25, 0.3) is 0 Å². The number of nitrogens with zero attached hydrogens (tertiary/aromatic N) is 3. The summed E-state index contributed by atoms with van der Waals surface area (Å²) in [5.41, 5.74) is 1.93. The van der Waals surface area contributed by atoms with Crippen LogP contribution in [0.15, 0.2) is 36.8 Å². The SMILES string of the molecule is CC(C)NCc1nccc(-c2cccnc2)n1. The Morgan fingerprint density at radius 3 is 2.82 bits per heavy atom. The molecule has 17 heavy (non-hydrogen) atoms. The van der Waals surface area contributed by atoms with Crippen LogP contribution >= 0.6 is 0 Å². The molecule has 0 radical (unpaired) electrons. The largest absolute Gasteiger partial charge is 0.308 e. The van der Waals surface area contributed by atoms with Crippen LogP contribution < -0.4 is 5.32 Å². The van der Waals surface area contributed by atoms with Crippen molar-refractivity contribution < 1.29 is 0 Å². The Kier molecular flexibility index (Phi) is 3.77. The maximum Gasteiger partial charge on any atom is 0.142 e. The van der Waals surface area contributed by atoms with Crippen molar-refractivity contribution in [1.82, 2.24) is 20.3 Å². The topological polar surface area (TPSA) is 50.7 Å². The second kappa shape index (κ2) is 5.50. The van der Waals surface area contributed by atoms with Gasteiger partial charge in [-0.1, -0.05) is 13.8 Å². The summed E-state index contributed by atoms with van der Waals surface area (Å²) in [5.74, 6) is 0.806. The first-order chi connectivity index (χ1) is 8.25. The average Bonchev–Trinajstić information content (AvgIpc) is 2.38. The van der Waals surface area contributed by atoms with E-state index in [0.29, 0.717) is 12.6 Å². The summed E-state index contributed by atoms with van der Waals surface area (Å²) in [4.78, 5) is 12.8. The van der Waals surface area contributed by atoms with Crippen LogP contribution in [-0.4, -0.2) is 21.0 Å². The third-order valence-electron chi connectivity index (χ3n) is 2.33. The van der Waals surface area contributed by atoms with Gasteiger partial charge in [0.1, 0.15) is 5.82 Å². The van der Waals surface area contributed by atoms with E-state index in [0.717, 1.165) is 17.1 Å². The lowest BCUT2D eigenvalue weighted by Gasteiger charge is -2.07. The summed E-state index contributed by atoms with van der Waals surface area (Å²) >= 11 is 0. The molecule has 4 heteroatoms. The lowest BCUT2D eigenvalue weighted by atomic mass is 10.2. The summed E-state index contributed by atoms with van der Waals surface area (Å²) in [5, 5.41) is 3.30. The molecule has 1 N–H and O–H groups in total. The van der Waals surface area contributed by atoms with E-state index in [1.54, 1.807) is 12.4 Å². The van der Waals surface area contributed by atoms with Gasteiger partial charge in [0.15, 0.2) is 0 Å². The van der Waals surface area contributed by atoms with Crippen molar-refractivity contribution in [2.75, 3.05) is 0 Å². The molecular formula is C13H16N4. The molecule has 0 amide bonds. The summed E-state index contributed by atoms with van der Waals surface area (Å²) < 4.78 is 0. The Hall–Kier alpha value is -1.81. The second-order valence-electron chi connectivity index (χ2n) is 4.14. The molecule has 0 saturated carbocycles. The lowest BCUT2D eigenvalue weighted by Crippen LogP contribution is -2.23. The predicted molar refractivity (Wildman–Crippen MR) is 67.2 cm³/mol. The molecule has 0 spiro atoms. The van der Waals surface area contributed by atoms with Gasteiger partial charge in [0.05, 0.1) is 12.2 Å². The maximum absolute atomic E-state index is 4.50. The van der Waals surface area contributed by atoms with E-state index in [4.69, 9.17) is 0 Å². The fourth-order valence-corrected chi connectivity index (χ4v) is 1.45. The molecule has 2 heterocycles. The molecule has 0 atom stereocenters. The van der Waals surface area contributed by atoms with E-state index in [9.17, 15) is 0 Å². The van der Waals surface area contributed by atoms with Crippen molar-refractivity contribution >= 4 is 0 Å². The van der Waals surface area contributed by atoms with E-state index in [-0.39, 0.29) is 0 Å². The zero-order valence-electron chi connectivity index (χ0n) is 10.1. The smallest absolute Gasteiger partial charge is 0.142 e. The minimum atomic E-state index is 0.431. The predicted octanol–water partition coefficient (Wildman–Crippen LogP) is 2.04. The van der Waals surface area contributed by atoms with Crippen LogP contribution in [0.2, 0.25) is 0 Å². The minimum Gasteiger partial charge on any atom is -0.308 e. The van der Waals surface area contributed by atoms with Crippen LogP contribution in [0.5, 0.6) is 0 Å². The first-order valence-electron chi connectivity index (χ1n) is 5.71. The minimum absolute atomic E-state index is 0.431. The molecule has 0 aliphatic carbocycles. The Balaban J connectivity index is 2.17. The Morgan fingerprint density at radius 2 is 2.12 bits per heavy atom. The number of rotatable bonds is 4. The van der Waals surface area contributed by atoms with Crippen LogP contribution in [-0.2, 0) is 6.54 Å². The van der Waals surface area contributed by atoms with Gasteiger partial charge in [-0.3, -0.25) is 4.98 Å². The molecule has 0 saturated heterocycles. The number of pyridine rings is 1. The average molecular weight is 228 g/mol. The van der Waals surface area contributed by atoms with E-state index < -0.39 is 0 Å². The lowest BCUT2D eigenvalue weighted by molar-refractivity contribution is 0.572. The van der Waals surface area contributed by atoms with Gasteiger partial charge < -0.3 is 5.32 Å². The summed E-state index contributed by atoms with van der Waals surface area (Å²) in [6, 6.07) is 6.23. The first kappa shape index (κ1) is 11.7. The molecule has 0 aromatic carbocycles. The van der Waals surface area contributed by atoms with Gasteiger partial charge >= 0.3 is 0 Å². The number of aromatic nitrogens is 3. The first-order valence-corrected chi connectivity index (χ1v) is 5.71. The van der Waals surface area contributed by atoms with Crippen LogP contribution in [0.25, 0.3) is 11.3 Å². The van der Waals surface area contributed by atoms with Crippen LogP contribution in [0.1, 0.15) is 19.7 Å². The number of nitrogens with one attached hydrogen (secondary N) is 1. The molecule has 0 aliphatic heterocycles. The number of hydrogen-bond donors (Lipinski definition) is 1. The Labute approximate surface area is 101 Å². The standard InChI is InChI=1S/C13H16N4/c1-10(2)16-9-13-15-7-5-12(17-13)11-4-3-6-14-8-11/h3-8,10,16H,9H2,1-2H3. The van der Waals surface area contributed by atoms with E-state index >= 15 is 0 Å². The molecule has 0 fully saturated rings. The second-order valence-corrected chi connectivity index (χ2v) is 4.14. The monoisotopic (exact) mass is 228 g/mol. The maximum atomic E-state index is 4.50.